The Kier molecular flexibility index (Phi) is 5.43. The van der Waals surface area contributed by atoms with Gasteiger partial charge in [0.05, 0.1) is 11.4 Å². The van der Waals surface area contributed by atoms with Gasteiger partial charge in [0, 0.05) is 23.5 Å². The van der Waals surface area contributed by atoms with Crippen LogP contribution in [0.5, 0.6) is 0 Å². The van der Waals surface area contributed by atoms with Crippen LogP contribution < -0.4 is 10.2 Å². The zero-order valence-corrected chi connectivity index (χ0v) is 15.4. The number of carbonyl (C=O) groups is 2. The van der Waals surface area contributed by atoms with E-state index in [9.17, 15) is 9.59 Å². The number of para-hydroxylation sites is 2. The van der Waals surface area contributed by atoms with Gasteiger partial charge in [0.1, 0.15) is 0 Å². The second kappa shape index (κ2) is 7.74. The standard InChI is InChI=1S/C20H22N2O2S/c1-3-15-8-6-7-14(2)20(15)21-18(23)11-12-22-16-9-4-5-10-17(16)25-13-19(22)24/h4-10H,3,11-13H2,1-2H3,(H,21,23). The Morgan fingerprint density at radius 2 is 2.00 bits per heavy atom. The maximum Gasteiger partial charge on any atom is 0.237 e. The molecule has 0 atom stereocenters. The molecule has 2 aromatic carbocycles. The van der Waals surface area contributed by atoms with Crippen molar-refractivity contribution >= 4 is 35.0 Å². The summed E-state index contributed by atoms with van der Waals surface area (Å²) >= 11 is 1.55. The van der Waals surface area contributed by atoms with Crippen LogP contribution >= 0.6 is 11.8 Å². The molecule has 1 aliphatic rings. The Morgan fingerprint density at radius 3 is 2.80 bits per heavy atom. The molecule has 0 saturated carbocycles. The van der Waals surface area contributed by atoms with E-state index in [0.717, 1.165) is 33.8 Å². The number of fused-ring (bicyclic) bond motifs is 1. The van der Waals surface area contributed by atoms with Crippen LogP contribution in [0, 0.1) is 6.92 Å². The SMILES string of the molecule is CCc1cccc(C)c1NC(=O)CCN1C(=O)CSc2ccccc21. The summed E-state index contributed by atoms with van der Waals surface area (Å²) in [6.45, 7) is 4.47. The van der Waals surface area contributed by atoms with Crippen molar-refractivity contribution in [3.05, 3.63) is 53.6 Å². The molecule has 3 rings (SSSR count). The van der Waals surface area contributed by atoms with Gasteiger partial charge in [0.25, 0.3) is 0 Å². The van der Waals surface area contributed by atoms with Gasteiger partial charge in [-0.2, -0.15) is 0 Å². The summed E-state index contributed by atoms with van der Waals surface area (Å²) in [5.74, 6) is 0.422. The van der Waals surface area contributed by atoms with E-state index < -0.39 is 0 Å². The third-order valence-electron chi connectivity index (χ3n) is 4.38. The lowest BCUT2D eigenvalue weighted by Crippen LogP contribution is -2.37. The van der Waals surface area contributed by atoms with E-state index >= 15 is 0 Å². The molecule has 25 heavy (non-hydrogen) atoms. The molecule has 0 saturated heterocycles. The molecule has 0 bridgehead atoms. The summed E-state index contributed by atoms with van der Waals surface area (Å²) in [4.78, 5) is 27.5. The molecule has 0 spiro atoms. The topological polar surface area (TPSA) is 49.4 Å². The van der Waals surface area contributed by atoms with Crippen molar-refractivity contribution in [1.82, 2.24) is 0 Å². The van der Waals surface area contributed by atoms with E-state index in [1.807, 2.05) is 49.4 Å². The van der Waals surface area contributed by atoms with Gasteiger partial charge >= 0.3 is 0 Å². The number of aryl methyl sites for hydroxylation is 2. The van der Waals surface area contributed by atoms with Gasteiger partial charge in [-0.25, -0.2) is 0 Å². The Morgan fingerprint density at radius 1 is 1.20 bits per heavy atom. The molecule has 0 aliphatic carbocycles. The lowest BCUT2D eigenvalue weighted by Gasteiger charge is -2.28. The summed E-state index contributed by atoms with van der Waals surface area (Å²) in [6, 6.07) is 13.9. The lowest BCUT2D eigenvalue weighted by atomic mass is 10.1. The third kappa shape index (κ3) is 3.87. The summed E-state index contributed by atoms with van der Waals surface area (Å²) in [6.07, 6.45) is 1.15. The van der Waals surface area contributed by atoms with E-state index in [1.54, 1.807) is 16.7 Å². The minimum atomic E-state index is -0.0625. The average Bonchev–Trinajstić information content (AvgIpc) is 2.62. The summed E-state index contributed by atoms with van der Waals surface area (Å²) in [5, 5.41) is 3.03. The fourth-order valence-corrected chi connectivity index (χ4v) is 3.95. The predicted octanol–water partition coefficient (Wildman–Crippen LogP) is 4.02. The molecule has 0 radical (unpaired) electrons. The van der Waals surface area contributed by atoms with Gasteiger partial charge in [-0.3, -0.25) is 9.59 Å². The van der Waals surface area contributed by atoms with Crippen molar-refractivity contribution in [2.45, 2.75) is 31.6 Å². The average molecular weight is 354 g/mol. The van der Waals surface area contributed by atoms with Gasteiger partial charge in [0.15, 0.2) is 0 Å². The third-order valence-corrected chi connectivity index (χ3v) is 5.42. The number of anilines is 2. The second-order valence-electron chi connectivity index (χ2n) is 6.06. The number of thioether (sulfide) groups is 1. The number of nitrogens with one attached hydrogen (secondary N) is 1. The summed E-state index contributed by atoms with van der Waals surface area (Å²) in [5.41, 5.74) is 3.99. The Labute approximate surface area is 152 Å². The van der Waals surface area contributed by atoms with Crippen LogP contribution in [0.4, 0.5) is 11.4 Å². The molecule has 0 fully saturated rings. The summed E-state index contributed by atoms with van der Waals surface area (Å²) < 4.78 is 0. The Balaban J connectivity index is 1.68. The van der Waals surface area contributed by atoms with Crippen molar-refractivity contribution in [3.8, 4) is 0 Å². The van der Waals surface area contributed by atoms with E-state index in [4.69, 9.17) is 0 Å². The molecular weight excluding hydrogens is 332 g/mol. The van der Waals surface area contributed by atoms with E-state index in [1.165, 1.54) is 0 Å². The highest BCUT2D eigenvalue weighted by Crippen LogP contribution is 2.34. The van der Waals surface area contributed by atoms with Gasteiger partial charge < -0.3 is 10.2 Å². The van der Waals surface area contributed by atoms with Gasteiger partial charge in [-0.1, -0.05) is 37.3 Å². The first-order chi connectivity index (χ1) is 12.1. The highest BCUT2D eigenvalue weighted by molar-refractivity contribution is 8.00. The molecule has 2 aromatic rings. The molecule has 5 heteroatoms. The highest BCUT2D eigenvalue weighted by atomic mass is 32.2. The Hall–Kier alpha value is -2.27. The van der Waals surface area contributed by atoms with Crippen LogP contribution in [0.25, 0.3) is 0 Å². The zero-order chi connectivity index (χ0) is 17.8. The molecule has 2 amide bonds. The van der Waals surface area contributed by atoms with Crippen molar-refractivity contribution in [2.75, 3.05) is 22.5 Å². The van der Waals surface area contributed by atoms with E-state index in [2.05, 4.69) is 12.2 Å². The lowest BCUT2D eigenvalue weighted by molar-refractivity contribution is -0.117. The van der Waals surface area contributed by atoms with Gasteiger partial charge in [0.2, 0.25) is 11.8 Å². The minimum absolute atomic E-state index is 0.0571. The fourth-order valence-electron chi connectivity index (χ4n) is 3.02. The number of amides is 2. The molecule has 1 N–H and O–H groups in total. The molecular formula is C20H22N2O2S. The maximum absolute atomic E-state index is 12.4. The first kappa shape index (κ1) is 17.5. The first-order valence-electron chi connectivity index (χ1n) is 8.50. The van der Waals surface area contributed by atoms with E-state index in [0.29, 0.717) is 12.3 Å². The van der Waals surface area contributed by atoms with Crippen molar-refractivity contribution in [2.24, 2.45) is 0 Å². The number of carbonyl (C=O) groups excluding carboxylic acids is 2. The number of hydrogen-bond donors (Lipinski definition) is 1. The molecule has 130 valence electrons. The summed E-state index contributed by atoms with van der Waals surface area (Å²) in [7, 11) is 0. The quantitative estimate of drug-likeness (QED) is 0.882. The zero-order valence-electron chi connectivity index (χ0n) is 14.5. The van der Waals surface area contributed by atoms with E-state index in [-0.39, 0.29) is 18.2 Å². The van der Waals surface area contributed by atoms with Crippen LogP contribution in [-0.4, -0.2) is 24.1 Å². The van der Waals surface area contributed by atoms with Gasteiger partial charge in [-0.15, -0.1) is 11.8 Å². The first-order valence-corrected chi connectivity index (χ1v) is 9.49. The predicted molar refractivity (Wildman–Crippen MR) is 103 cm³/mol. The number of benzene rings is 2. The molecule has 1 heterocycles. The minimum Gasteiger partial charge on any atom is -0.326 e. The van der Waals surface area contributed by atoms with Crippen LogP contribution in [0.15, 0.2) is 47.4 Å². The second-order valence-corrected chi connectivity index (χ2v) is 7.08. The highest BCUT2D eigenvalue weighted by Gasteiger charge is 2.24. The van der Waals surface area contributed by atoms with Crippen molar-refractivity contribution < 1.29 is 9.59 Å². The smallest absolute Gasteiger partial charge is 0.237 e. The normalized spacial score (nSPS) is 13.5. The molecule has 4 nitrogen and oxygen atoms in total. The number of nitrogens with zero attached hydrogens (tertiary/aromatic N) is 1. The maximum atomic E-state index is 12.4. The molecule has 0 unspecified atom stereocenters. The molecule has 1 aliphatic heterocycles. The fraction of sp³-hybridized carbons (Fsp3) is 0.300. The van der Waals surface area contributed by atoms with Gasteiger partial charge in [-0.05, 0) is 36.6 Å². The van der Waals surface area contributed by atoms with Crippen LogP contribution in [0.1, 0.15) is 24.5 Å². The van der Waals surface area contributed by atoms with Crippen LogP contribution in [0.2, 0.25) is 0 Å². The largest absolute Gasteiger partial charge is 0.326 e. The van der Waals surface area contributed by atoms with Crippen molar-refractivity contribution in [1.29, 1.82) is 0 Å². The number of rotatable bonds is 5. The van der Waals surface area contributed by atoms with Crippen LogP contribution in [-0.2, 0) is 16.0 Å². The Bertz CT molecular complexity index is 804. The number of hydrogen-bond acceptors (Lipinski definition) is 3. The molecule has 0 aromatic heterocycles. The van der Waals surface area contributed by atoms with Crippen LogP contribution in [0.3, 0.4) is 0 Å². The monoisotopic (exact) mass is 354 g/mol. The van der Waals surface area contributed by atoms with Crippen molar-refractivity contribution in [3.63, 3.8) is 0 Å².